The van der Waals surface area contributed by atoms with Crippen LogP contribution in [-0.4, -0.2) is 21.1 Å². The predicted molar refractivity (Wildman–Crippen MR) is 55.1 cm³/mol. The van der Waals surface area contributed by atoms with Gasteiger partial charge in [-0.05, 0) is 20.3 Å². The molecule has 4 nitrogen and oxygen atoms in total. The van der Waals surface area contributed by atoms with Gasteiger partial charge in [0.05, 0.1) is 17.3 Å². The fourth-order valence-corrected chi connectivity index (χ4v) is 1.14. The summed E-state index contributed by atoms with van der Waals surface area (Å²) in [6.07, 6.45) is 3.94. The van der Waals surface area contributed by atoms with Crippen molar-refractivity contribution >= 4 is 5.78 Å². The molecule has 1 atom stereocenters. The summed E-state index contributed by atoms with van der Waals surface area (Å²) in [4.78, 5) is 11.8. The summed E-state index contributed by atoms with van der Waals surface area (Å²) in [6, 6.07) is 0. The van der Waals surface area contributed by atoms with Gasteiger partial charge in [-0.15, -0.1) is 0 Å². The van der Waals surface area contributed by atoms with Gasteiger partial charge in [-0.1, -0.05) is 6.92 Å². The first-order chi connectivity index (χ1) is 6.51. The molecule has 0 fully saturated rings. The molecule has 0 radical (unpaired) electrons. The molecule has 0 aliphatic carbocycles. The minimum absolute atomic E-state index is 0.0419. The number of carbonyl (C=O) groups is 1. The van der Waals surface area contributed by atoms with E-state index in [-0.39, 0.29) is 5.78 Å². The molecule has 0 amide bonds. The number of hydrogen-bond acceptors (Lipinski definition) is 3. The van der Waals surface area contributed by atoms with Crippen molar-refractivity contribution in [2.45, 2.75) is 39.3 Å². The first kappa shape index (κ1) is 10.9. The van der Waals surface area contributed by atoms with Crippen LogP contribution in [-0.2, 0) is 6.54 Å². The summed E-state index contributed by atoms with van der Waals surface area (Å²) in [7, 11) is 0. The first-order valence-corrected chi connectivity index (χ1v) is 4.87. The Morgan fingerprint density at radius 2 is 2.29 bits per heavy atom. The van der Waals surface area contributed by atoms with E-state index in [1.54, 1.807) is 24.0 Å². The van der Waals surface area contributed by atoms with Crippen LogP contribution in [0.15, 0.2) is 12.4 Å². The number of carbonyl (C=O) groups excluding carboxylic acids is 1. The average molecular weight is 195 g/mol. The molecular weight excluding hydrogens is 178 g/mol. The normalized spacial score (nSPS) is 15.1. The fraction of sp³-hybridized carbons (Fsp3) is 0.600. The van der Waals surface area contributed by atoms with Crippen LogP contribution in [0.5, 0.6) is 0 Å². The first-order valence-electron chi connectivity index (χ1n) is 4.87. The maximum Gasteiger partial charge on any atom is 0.185 e. The Labute approximate surface area is 84.1 Å². The fourth-order valence-electron chi connectivity index (χ4n) is 1.14. The molecule has 0 aliphatic rings. The molecule has 14 heavy (non-hydrogen) atoms. The lowest BCUT2D eigenvalue weighted by molar-refractivity contribution is 0.0897. The van der Waals surface area contributed by atoms with Crippen LogP contribution in [0.1, 0.15) is 37.6 Å². The summed E-state index contributed by atoms with van der Waals surface area (Å²) in [6.45, 7) is 6.39. The molecule has 0 saturated carbocycles. The minimum atomic E-state index is -0.776. The van der Waals surface area contributed by atoms with Crippen molar-refractivity contribution in [3.05, 3.63) is 18.0 Å². The van der Waals surface area contributed by atoms with Gasteiger partial charge in [0.25, 0.3) is 0 Å². The molecule has 1 aromatic heterocycles. The molecule has 1 rings (SSSR count). The highest BCUT2D eigenvalue weighted by molar-refractivity contribution is 6.02. The maximum absolute atomic E-state index is 11.8. The van der Waals surface area contributed by atoms with E-state index in [2.05, 4.69) is 5.10 Å². The third kappa shape index (κ3) is 2.01. The van der Waals surface area contributed by atoms with Crippen LogP contribution in [0.3, 0.4) is 0 Å². The zero-order valence-electron chi connectivity index (χ0n) is 8.95. The average Bonchev–Trinajstić information content (AvgIpc) is 2.64. The number of ketones is 1. The highest BCUT2D eigenvalue weighted by Gasteiger charge is 2.27. The van der Waals surface area contributed by atoms with E-state index >= 15 is 0 Å². The van der Waals surface area contributed by atoms with Gasteiger partial charge in [0.2, 0.25) is 0 Å². The van der Waals surface area contributed by atoms with Gasteiger partial charge in [-0.3, -0.25) is 9.48 Å². The van der Waals surface area contributed by atoms with E-state index < -0.39 is 5.54 Å². The van der Waals surface area contributed by atoms with Crippen molar-refractivity contribution in [1.82, 2.24) is 9.78 Å². The zero-order valence-corrected chi connectivity index (χ0v) is 8.95. The van der Waals surface area contributed by atoms with Gasteiger partial charge in [0, 0.05) is 12.7 Å². The minimum Gasteiger partial charge on any atom is -0.319 e. The van der Waals surface area contributed by atoms with Crippen molar-refractivity contribution in [3.8, 4) is 0 Å². The monoisotopic (exact) mass is 195 g/mol. The Morgan fingerprint density at radius 3 is 2.71 bits per heavy atom. The second-order valence-corrected chi connectivity index (χ2v) is 3.68. The van der Waals surface area contributed by atoms with Crippen LogP contribution in [0.25, 0.3) is 0 Å². The standard InChI is InChI=1S/C10H17N3O/c1-4-10(3,11)9(14)8-6-12-13(5-2)7-8/h6-7H,4-5,11H2,1-3H3. The largest absolute Gasteiger partial charge is 0.319 e. The van der Waals surface area contributed by atoms with Gasteiger partial charge in [-0.2, -0.15) is 5.10 Å². The summed E-state index contributed by atoms with van der Waals surface area (Å²) < 4.78 is 1.72. The topological polar surface area (TPSA) is 60.9 Å². The number of hydrogen-bond donors (Lipinski definition) is 1. The Hall–Kier alpha value is -1.16. The van der Waals surface area contributed by atoms with E-state index in [0.717, 1.165) is 6.54 Å². The highest BCUT2D eigenvalue weighted by atomic mass is 16.1. The number of Topliss-reactive ketones (excluding diaryl/α,β-unsaturated/α-hetero) is 1. The van der Waals surface area contributed by atoms with Crippen LogP contribution in [0, 0.1) is 0 Å². The van der Waals surface area contributed by atoms with E-state index in [9.17, 15) is 4.79 Å². The van der Waals surface area contributed by atoms with E-state index in [1.807, 2.05) is 13.8 Å². The lowest BCUT2D eigenvalue weighted by Gasteiger charge is -2.19. The summed E-state index contributed by atoms with van der Waals surface area (Å²) in [5, 5.41) is 4.04. The lowest BCUT2D eigenvalue weighted by Crippen LogP contribution is -2.44. The van der Waals surface area contributed by atoms with Crippen molar-refractivity contribution in [2.24, 2.45) is 5.73 Å². The van der Waals surface area contributed by atoms with Crippen LogP contribution in [0.4, 0.5) is 0 Å². The van der Waals surface area contributed by atoms with E-state index in [0.29, 0.717) is 12.0 Å². The Morgan fingerprint density at radius 1 is 1.64 bits per heavy atom. The molecule has 1 heterocycles. The molecule has 1 aromatic rings. The molecule has 2 N–H and O–H groups in total. The summed E-state index contributed by atoms with van der Waals surface area (Å²) in [5.41, 5.74) is 5.68. The number of rotatable bonds is 4. The van der Waals surface area contributed by atoms with Crippen LogP contribution >= 0.6 is 0 Å². The number of nitrogens with two attached hydrogens (primary N) is 1. The van der Waals surface area contributed by atoms with Crippen molar-refractivity contribution in [3.63, 3.8) is 0 Å². The van der Waals surface area contributed by atoms with Crippen molar-refractivity contribution < 1.29 is 4.79 Å². The predicted octanol–water partition coefficient (Wildman–Crippen LogP) is 1.21. The molecule has 0 spiro atoms. The maximum atomic E-state index is 11.8. The molecular formula is C10H17N3O. The van der Waals surface area contributed by atoms with E-state index in [4.69, 9.17) is 5.73 Å². The second kappa shape index (κ2) is 3.92. The van der Waals surface area contributed by atoms with Crippen molar-refractivity contribution in [1.29, 1.82) is 0 Å². The molecule has 0 saturated heterocycles. The van der Waals surface area contributed by atoms with E-state index in [1.165, 1.54) is 0 Å². The van der Waals surface area contributed by atoms with Crippen LogP contribution in [0.2, 0.25) is 0 Å². The third-order valence-corrected chi connectivity index (χ3v) is 2.47. The SMILES string of the molecule is CCn1cc(C(=O)C(C)(N)CC)cn1. The molecule has 0 aliphatic heterocycles. The van der Waals surface area contributed by atoms with Gasteiger partial charge >= 0.3 is 0 Å². The summed E-state index contributed by atoms with van der Waals surface area (Å²) >= 11 is 0. The Balaban J connectivity index is 2.89. The molecule has 4 heteroatoms. The number of nitrogens with zero attached hydrogens (tertiary/aromatic N) is 2. The molecule has 78 valence electrons. The zero-order chi connectivity index (χ0) is 10.8. The molecule has 0 bridgehead atoms. The van der Waals surface area contributed by atoms with Gasteiger partial charge < -0.3 is 5.73 Å². The Kier molecular flexibility index (Phi) is 3.06. The van der Waals surface area contributed by atoms with Crippen LogP contribution < -0.4 is 5.73 Å². The number of aryl methyl sites for hydroxylation is 1. The Bertz CT molecular complexity index is 328. The van der Waals surface area contributed by atoms with Gasteiger partial charge in [0.15, 0.2) is 5.78 Å². The lowest BCUT2D eigenvalue weighted by atomic mass is 9.91. The van der Waals surface area contributed by atoms with Gasteiger partial charge in [-0.25, -0.2) is 0 Å². The molecule has 0 aromatic carbocycles. The second-order valence-electron chi connectivity index (χ2n) is 3.68. The van der Waals surface area contributed by atoms with Crippen molar-refractivity contribution in [2.75, 3.05) is 0 Å². The smallest absolute Gasteiger partial charge is 0.185 e. The number of aromatic nitrogens is 2. The van der Waals surface area contributed by atoms with Gasteiger partial charge in [0.1, 0.15) is 0 Å². The molecule has 1 unspecified atom stereocenters. The quantitative estimate of drug-likeness (QED) is 0.735. The highest BCUT2D eigenvalue weighted by Crippen LogP contribution is 2.13. The summed E-state index contributed by atoms with van der Waals surface area (Å²) in [5.74, 6) is -0.0419. The third-order valence-electron chi connectivity index (χ3n) is 2.47.